The highest BCUT2D eigenvalue weighted by Crippen LogP contribution is 2.26. The molecule has 0 spiro atoms. The van der Waals surface area contributed by atoms with Crippen LogP contribution in [0.2, 0.25) is 0 Å². The minimum Gasteiger partial charge on any atom is -0.381 e. The van der Waals surface area contributed by atoms with Crippen molar-refractivity contribution in [2.75, 3.05) is 26.4 Å². The van der Waals surface area contributed by atoms with Crippen LogP contribution in [0.25, 0.3) is 0 Å². The molecule has 20 heavy (non-hydrogen) atoms. The largest absolute Gasteiger partial charge is 0.381 e. The number of carbonyl (C=O) groups is 1. The molecular weight excluding hydrogens is 256 g/mol. The second-order valence-corrected chi connectivity index (χ2v) is 6.20. The summed E-state index contributed by atoms with van der Waals surface area (Å²) in [4.78, 5) is 12.1. The third-order valence-electron chi connectivity index (χ3n) is 4.59. The Morgan fingerprint density at radius 1 is 1.35 bits per heavy atom. The lowest BCUT2D eigenvalue weighted by atomic mass is 9.88. The monoisotopic (exact) mass is 284 g/mol. The predicted molar refractivity (Wildman–Crippen MR) is 77.4 cm³/mol. The van der Waals surface area contributed by atoms with E-state index in [1.807, 2.05) is 0 Å². The van der Waals surface area contributed by atoms with Gasteiger partial charge in [0.2, 0.25) is 5.91 Å². The van der Waals surface area contributed by atoms with E-state index in [2.05, 4.69) is 12.2 Å². The van der Waals surface area contributed by atoms with Crippen LogP contribution >= 0.6 is 0 Å². The lowest BCUT2D eigenvalue weighted by Gasteiger charge is -2.32. The maximum atomic E-state index is 12.1. The number of hydrogen-bond acceptors (Lipinski definition) is 4. The summed E-state index contributed by atoms with van der Waals surface area (Å²) >= 11 is 0. The van der Waals surface area contributed by atoms with Crippen LogP contribution in [0.15, 0.2) is 0 Å². The van der Waals surface area contributed by atoms with Crippen molar-refractivity contribution < 1.29 is 14.3 Å². The van der Waals surface area contributed by atoms with Gasteiger partial charge in [0.1, 0.15) is 0 Å². The molecule has 0 bridgehead atoms. The van der Waals surface area contributed by atoms with Crippen LogP contribution < -0.4 is 11.1 Å². The van der Waals surface area contributed by atoms with E-state index in [4.69, 9.17) is 15.2 Å². The van der Waals surface area contributed by atoms with Crippen LogP contribution in [0.4, 0.5) is 0 Å². The highest BCUT2D eigenvalue weighted by molar-refractivity contribution is 5.86. The van der Waals surface area contributed by atoms with Crippen molar-refractivity contribution in [3.8, 4) is 0 Å². The van der Waals surface area contributed by atoms with E-state index >= 15 is 0 Å². The second kappa shape index (κ2) is 7.38. The van der Waals surface area contributed by atoms with Gasteiger partial charge in [0.25, 0.3) is 0 Å². The maximum Gasteiger partial charge on any atom is 0.240 e. The summed E-state index contributed by atoms with van der Waals surface area (Å²) in [6, 6.07) is 0. The van der Waals surface area contributed by atoms with Gasteiger partial charge in [0.15, 0.2) is 0 Å². The Hall–Kier alpha value is -0.650. The molecule has 1 heterocycles. The van der Waals surface area contributed by atoms with Gasteiger partial charge < -0.3 is 20.5 Å². The first-order chi connectivity index (χ1) is 9.62. The van der Waals surface area contributed by atoms with Gasteiger partial charge in [-0.05, 0) is 31.6 Å². The van der Waals surface area contributed by atoms with Crippen molar-refractivity contribution in [2.45, 2.75) is 57.1 Å². The van der Waals surface area contributed by atoms with Gasteiger partial charge >= 0.3 is 0 Å². The van der Waals surface area contributed by atoms with Crippen molar-refractivity contribution in [1.29, 1.82) is 0 Å². The fourth-order valence-corrected chi connectivity index (χ4v) is 3.04. The van der Waals surface area contributed by atoms with Crippen molar-refractivity contribution in [1.82, 2.24) is 5.32 Å². The minimum absolute atomic E-state index is 0.0684. The molecular formula is C15H28N2O3. The molecule has 0 radical (unpaired) electrons. The molecule has 1 amide bonds. The molecule has 0 aromatic carbocycles. The standard InChI is InChI=1S/C15H28N2O3/c1-12-4-2-3-5-13(12)20-11-8-17-14(18)15(16)6-9-19-10-7-15/h12-13H,2-11,16H2,1H3,(H,17,18). The predicted octanol–water partition coefficient (Wildman–Crippen LogP) is 1.21. The number of hydrogen-bond donors (Lipinski definition) is 2. The molecule has 2 fully saturated rings. The average Bonchev–Trinajstić information content (AvgIpc) is 2.46. The Morgan fingerprint density at radius 2 is 2.05 bits per heavy atom. The number of rotatable bonds is 5. The van der Waals surface area contributed by atoms with E-state index in [1.54, 1.807) is 0 Å². The zero-order valence-electron chi connectivity index (χ0n) is 12.5. The molecule has 1 saturated carbocycles. The first kappa shape index (κ1) is 15.7. The lowest BCUT2D eigenvalue weighted by molar-refractivity contribution is -0.130. The normalized spacial score (nSPS) is 29.9. The molecule has 5 heteroatoms. The molecule has 3 N–H and O–H groups in total. The second-order valence-electron chi connectivity index (χ2n) is 6.20. The summed E-state index contributed by atoms with van der Waals surface area (Å²) in [5, 5.41) is 2.90. The van der Waals surface area contributed by atoms with Gasteiger partial charge in [-0.25, -0.2) is 0 Å². The number of nitrogens with two attached hydrogens (primary N) is 1. The Morgan fingerprint density at radius 3 is 2.75 bits per heavy atom. The molecule has 1 saturated heterocycles. The summed E-state index contributed by atoms with van der Waals surface area (Å²) in [6.07, 6.45) is 6.52. The topological polar surface area (TPSA) is 73.6 Å². The van der Waals surface area contributed by atoms with Crippen LogP contribution in [-0.2, 0) is 14.3 Å². The van der Waals surface area contributed by atoms with Crippen LogP contribution in [0.5, 0.6) is 0 Å². The third-order valence-corrected chi connectivity index (χ3v) is 4.59. The van der Waals surface area contributed by atoms with E-state index in [1.165, 1.54) is 19.3 Å². The number of ether oxygens (including phenoxy) is 2. The SMILES string of the molecule is CC1CCCCC1OCCNC(=O)C1(N)CCOCC1. The van der Waals surface area contributed by atoms with Crippen LogP contribution in [0.1, 0.15) is 45.4 Å². The Kier molecular flexibility index (Phi) is 5.81. The highest BCUT2D eigenvalue weighted by Gasteiger charge is 2.35. The van der Waals surface area contributed by atoms with E-state index in [-0.39, 0.29) is 5.91 Å². The van der Waals surface area contributed by atoms with Crippen molar-refractivity contribution in [3.63, 3.8) is 0 Å². The van der Waals surface area contributed by atoms with Gasteiger partial charge in [0.05, 0.1) is 18.2 Å². The molecule has 1 aliphatic carbocycles. The van der Waals surface area contributed by atoms with Crippen LogP contribution in [0, 0.1) is 5.92 Å². The third kappa shape index (κ3) is 4.17. The van der Waals surface area contributed by atoms with E-state index in [9.17, 15) is 4.79 Å². The van der Waals surface area contributed by atoms with Gasteiger partial charge in [-0.15, -0.1) is 0 Å². The van der Waals surface area contributed by atoms with Crippen molar-refractivity contribution in [3.05, 3.63) is 0 Å². The van der Waals surface area contributed by atoms with E-state index in [0.29, 0.717) is 51.2 Å². The molecule has 2 unspecified atom stereocenters. The Balaban J connectivity index is 1.63. The van der Waals surface area contributed by atoms with E-state index < -0.39 is 5.54 Å². The molecule has 2 rings (SSSR count). The maximum absolute atomic E-state index is 12.1. The zero-order valence-corrected chi connectivity index (χ0v) is 12.5. The minimum atomic E-state index is -0.754. The number of carbonyl (C=O) groups excluding carboxylic acids is 1. The van der Waals surface area contributed by atoms with Crippen LogP contribution in [0.3, 0.4) is 0 Å². The quantitative estimate of drug-likeness (QED) is 0.744. The fourth-order valence-electron chi connectivity index (χ4n) is 3.04. The van der Waals surface area contributed by atoms with Gasteiger partial charge in [-0.3, -0.25) is 4.79 Å². The summed E-state index contributed by atoms with van der Waals surface area (Å²) < 4.78 is 11.1. The van der Waals surface area contributed by atoms with E-state index in [0.717, 1.165) is 6.42 Å². The van der Waals surface area contributed by atoms with Gasteiger partial charge in [-0.1, -0.05) is 19.8 Å². The smallest absolute Gasteiger partial charge is 0.240 e. The first-order valence-electron chi connectivity index (χ1n) is 7.88. The average molecular weight is 284 g/mol. The number of nitrogens with one attached hydrogen (secondary N) is 1. The Labute approximate surface area is 121 Å². The molecule has 0 aromatic heterocycles. The molecule has 116 valence electrons. The summed E-state index contributed by atoms with van der Waals surface area (Å²) in [5.74, 6) is 0.567. The lowest BCUT2D eigenvalue weighted by Crippen LogP contribution is -2.57. The van der Waals surface area contributed by atoms with Crippen molar-refractivity contribution in [2.24, 2.45) is 11.7 Å². The van der Waals surface area contributed by atoms with Crippen LogP contribution in [-0.4, -0.2) is 43.9 Å². The molecule has 5 nitrogen and oxygen atoms in total. The Bertz CT molecular complexity index is 316. The summed E-state index contributed by atoms with van der Waals surface area (Å²) in [5.41, 5.74) is 5.36. The summed E-state index contributed by atoms with van der Waals surface area (Å²) in [6.45, 7) is 4.51. The molecule has 1 aliphatic heterocycles. The number of amides is 1. The molecule has 2 atom stereocenters. The highest BCUT2D eigenvalue weighted by atomic mass is 16.5. The first-order valence-corrected chi connectivity index (χ1v) is 7.88. The van der Waals surface area contributed by atoms with Crippen molar-refractivity contribution >= 4 is 5.91 Å². The van der Waals surface area contributed by atoms with Gasteiger partial charge in [-0.2, -0.15) is 0 Å². The molecule has 0 aromatic rings. The van der Waals surface area contributed by atoms with Gasteiger partial charge in [0, 0.05) is 19.8 Å². The summed E-state index contributed by atoms with van der Waals surface area (Å²) in [7, 11) is 0. The molecule has 2 aliphatic rings. The fraction of sp³-hybridized carbons (Fsp3) is 0.933. The zero-order chi connectivity index (χ0) is 14.4.